The first-order chi connectivity index (χ1) is 8.08. The lowest BCUT2D eigenvalue weighted by molar-refractivity contribution is -0.133. The van der Waals surface area contributed by atoms with E-state index >= 15 is 0 Å². The molecule has 1 saturated carbocycles. The molecule has 1 N–H and O–H groups in total. The van der Waals surface area contributed by atoms with E-state index in [1.165, 1.54) is 18.9 Å². The van der Waals surface area contributed by atoms with Crippen molar-refractivity contribution in [1.29, 1.82) is 0 Å². The third-order valence-electron chi connectivity index (χ3n) is 2.87. The second-order valence-electron chi connectivity index (χ2n) is 4.22. The zero-order chi connectivity index (χ0) is 12.4. The van der Waals surface area contributed by atoms with Gasteiger partial charge >= 0.3 is 5.97 Å². The summed E-state index contributed by atoms with van der Waals surface area (Å²) in [7, 11) is 0. The normalized spacial score (nSPS) is 16.8. The average Bonchev–Trinajstić information content (AvgIpc) is 3.09. The molecule has 1 fully saturated rings. The predicted octanol–water partition coefficient (Wildman–Crippen LogP) is 1.39. The van der Waals surface area contributed by atoms with E-state index in [-0.39, 0.29) is 17.4 Å². The lowest BCUT2D eigenvalue weighted by atomic mass is 10.2. The molecular weight excluding hydrogens is 240 g/mol. The second-order valence-corrected chi connectivity index (χ2v) is 5.16. The fraction of sp³-hybridized carbons (Fsp3) is 0.545. The number of hydrogen-bond donors (Lipinski definition) is 1. The standard InChI is InChI=1S/C11H14N2O3S/c1-7(8-2-3-8)13-5-4-9(14)12-11(13)17-6-10(15)16/h4-5,7-8H,2-3,6H2,1H3,(H,15,16). The van der Waals surface area contributed by atoms with Crippen LogP contribution in [0.15, 0.2) is 22.2 Å². The van der Waals surface area contributed by atoms with E-state index in [2.05, 4.69) is 11.9 Å². The Morgan fingerprint density at radius 1 is 1.71 bits per heavy atom. The predicted molar refractivity (Wildman–Crippen MR) is 64.3 cm³/mol. The Balaban J connectivity index is 2.23. The molecular formula is C11H14N2O3S. The van der Waals surface area contributed by atoms with Crippen molar-refractivity contribution in [2.45, 2.75) is 31.0 Å². The van der Waals surface area contributed by atoms with Crippen LogP contribution in [0.2, 0.25) is 0 Å². The van der Waals surface area contributed by atoms with Crippen LogP contribution in [0, 0.1) is 5.92 Å². The van der Waals surface area contributed by atoms with Crippen molar-refractivity contribution < 1.29 is 9.90 Å². The molecule has 0 saturated heterocycles. The summed E-state index contributed by atoms with van der Waals surface area (Å²) in [5.41, 5.74) is -0.322. The van der Waals surface area contributed by atoms with Gasteiger partial charge in [0.25, 0.3) is 5.56 Å². The van der Waals surface area contributed by atoms with Crippen LogP contribution in [0.3, 0.4) is 0 Å². The number of rotatable bonds is 5. The van der Waals surface area contributed by atoms with E-state index in [1.807, 2.05) is 4.57 Å². The Bertz CT molecular complexity index is 482. The minimum Gasteiger partial charge on any atom is -0.481 e. The van der Waals surface area contributed by atoms with Gasteiger partial charge in [-0.25, -0.2) is 0 Å². The fourth-order valence-corrected chi connectivity index (χ4v) is 2.53. The van der Waals surface area contributed by atoms with E-state index in [0.29, 0.717) is 11.1 Å². The minimum atomic E-state index is -0.904. The van der Waals surface area contributed by atoms with Crippen LogP contribution in [0.1, 0.15) is 25.8 Å². The van der Waals surface area contributed by atoms with Gasteiger partial charge in [0.1, 0.15) is 0 Å². The van der Waals surface area contributed by atoms with Crippen molar-refractivity contribution in [1.82, 2.24) is 9.55 Å². The van der Waals surface area contributed by atoms with E-state index in [1.54, 1.807) is 6.20 Å². The van der Waals surface area contributed by atoms with Gasteiger partial charge in [-0.2, -0.15) is 4.98 Å². The monoisotopic (exact) mass is 254 g/mol. The molecule has 92 valence electrons. The number of carboxylic acid groups (broad SMARTS) is 1. The highest BCUT2D eigenvalue weighted by Gasteiger charge is 2.30. The zero-order valence-electron chi connectivity index (χ0n) is 9.50. The molecule has 0 spiro atoms. The Hall–Kier alpha value is -1.30. The number of carbonyl (C=O) groups is 1. The van der Waals surface area contributed by atoms with Crippen LogP contribution < -0.4 is 5.56 Å². The zero-order valence-corrected chi connectivity index (χ0v) is 10.3. The smallest absolute Gasteiger partial charge is 0.313 e. The molecule has 0 aliphatic heterocycles. The summed E-state index contributed by atoms with van der Waals surface area (Å²) in [5.74, 6) is -0.351. The van der Waals surface area contributed by atoms with Crippen molar-refractivity contribution in [3.05, 3.63) is 22.6 Å². The Morgan fingerprint density at radius 2 is 2.41 bits per heavy atom. The highest BCUT2D eigenvalue weighted by atomic mass is 32.2. The molecule has 2 rings (SSSR count). The molecule has 5 nitrogen and oxygen atoms in total. The van der Waals surface area contributed by atoms with Crippen LogP contribution >= 0.6 is 11.8 Å². The van der Waals surface area contributed by atoms with Gasteiger partial charge in [0.15, 0.2) is 5.16 Å². The van der Waals surface area contributed by atoms with Gasteiger partial charge in [-0.15, -0.1) is 0 Å². The van der Waals surface area contributed by atoms with Crippen LogP contribution in [-0.4, -0.2) is 26.4 Å². The molecule has 17 heavy (non-hydrogen) atoms. The van der Waals surface area contributed by atoms with Gasteiger partial charge in [-0.05, 0) is 25.7 Å². The lowest BCUT2D eigenvalue weighted by Gasteiger charge is -2.17. The number of nitrogens with zero attached hydrogens (tertiary/aromatic N) is 2. The molecule has 0 aromatic carbocycles. The first-order valence-corrected chi connectivity index (χ1v) is 6.50. The quantitative estimate of drug-likeness (QED) is 0.635. The third kappa shape index (κ3) is 3.09. The molecule has 6 heteroatoms. The van der Waals surface area contributed by atoms with E-state index < -0.39 is 5.97 Å². The molecule has 1 heterocycles. The van der Waals surface area contributed by atoms with Gasteiger partial charge in [-0.3, -0.25) is 9.59 Å². The van der Waals surface area contributed by atoms with Crippen molar-refractivity contribution >= 4 is 17.7 Å². The summed E-state index contributed by atoms with van der Waals surface area (Å²) in [6.07, 6.45) is 4.09. The fourth-order valence-electron chi connectivity index (χ4n) is 1.75. The van der Waals surface area contributed by atoms with Crippen LogP contribution in [0.5, 0.6) is 0 Å². The molecule has 0 bridgehead atoms. The molecule has 0 amide bonds. The molecule has 1 aliphatic carbocycles. The largest absolute Gasteiger partial charge is 0.481 e. The Morgan fingerprint density at radius 3 is 3.00 bits per heavy atom. The number of carboxylic acids is 1. The molecule has 1 aliphatic rings. The van der Waals surface area contributed by atoms with Gasteiger partial charge in [0.05, 0.1) is 5.75 Å². The molecule has 1 aromatic rings. The molecule has 1 aromatic heterocycles. The third-order valence-corrected chi connectivity index (χ3v) is 3.82. The van der Waals surface area contributed by atoms with Crippen molar-refractivity contribution in [3.8, 4) is 0 Å². The van der Waals surface area contributed by atoms with Crippen LogP contribution in [-0.2, 0) is 4.79 Å². The van der Waals surface area contributed by atoms with Crippen LogP contribution in [0.4, 0.5) is 0 Å². The summed E-state index contributed by atoms with van der Waals surface area (Å²) in [6, 6.07) is 1.70. The van der Waals surface area contributed by atoms with Gasteiger partial charge in [0.2, 0.25) is 0 Å². The maximum atomic E-state index is 11.2. The first-order valence-electron chi connectivity index (χ1n) is 5.51. The highest BCUT2D eigenvalue weighted by molar-refractivity contribution is 7.99. The summed E-state index contributed by atoms with van der Waals surface area (Å²) < 4.78 is 1.91. The number of aliphatic carboxylic acids is 1. The minimum absolute atomic E-state index is 0.0756. The van der Waals surface area contributed by atoms with Gasteiger partial charge in [-0.1, -0.05) is 11.8 Å². The topological polar surface area (TPSA) is 72.2 Å². The van der Waals surface area contributed by atoms with Crippen molar-refractivity contribution in [2.75, 3.05) is 5.75 Å². The molecule has 1 unspecified atom stereocenters. The number of thioether (sulfide) groups is 1. The Labute approximate surface area is 103 Å². The lowest BCUT2D eigenvalue weighted by Crippen LogP contribution is -2.17. The first kappa shape index (κ1) is 12.2. The van der Waals surface area contributed by atoms with Crippen LogP contribution in [0.25, 0.3) is 0 Å². The summed E-state index contributed by atoms with van der Waals surface area (Å²) in [6.45, 7) is 2.08. The maximum absolute atomic E-state index is 11.2. The second kappa shape index (κ2) is 4.91. The molecule has 1 atom stereocenters. The average molecular weight is 254 g/mol. The molecule has 0 radical (unpaired) electrons. The SMILES string of the molecule is CC(C1CC1)n1ccc(=O)nc1SCC(=O)O. The van der Waals surface area contributed by atoms with E-state index in [9.17, 15) is 9.59 Å². The Kier molecular flexibility index (Phi) is 3.51. The van der Waals surface area contributed by atoms with Gasteiger partial charge in [0, 0.05) is 18.3 Å². The van der Waals surface area contributed by atoms with E-state index in [0.717, 1.165) is 11.8 Å². The number of aromatic nitrogens is 2. The van der Waals surface area contributed by atoms with Crippen molar-refractivity contribution in [2.24, 2.45) is 5.92 Å². The number of hydrogen-bond acceptors (Lipinski definition) is 4. The van der Waals surface area contributed by atoms with E-state index in [4.69, 9.17) is 5.11 Å². The van der Waals surface area contributed by atoms with Crippen molar-refractivity contribution in [3.63, 3.8) is 0 Å². The highest BCUT2D eigenvalue weighted by Crippen LogP contribution is 2.40. The summed E-state index contributed by atoms with van der Waals surface area (Å²) in [5, 5.41) is 9.16. The summed E-state index contributed by atoms with van der Waals surface area (Å²) >= 11 is 1.10. The summed E-state index contributed by atoms with van der Waals surface area (Å²) in [4.78, 5) is 25.6. The maximum Gasteiger partial charge on any atom is 0.313 e. The van der Waals surface area contributed by atoms with Gasteiger partial charge < -0.3 is 9.67 Å².